The number of aromatic nitrogens is 3. The fourth-order valence-electron chi connectivity index (χ4n) is 4.46. The van der Waals surface area contributed by atoms with Gasteiger partial charge in [-0.05, 0) is 62.3 Å². The van der Waals surface area contributed by atoms with E-state index in [0.717, 1.165) is 66.0 Å². The molecular weight excluding hydrogens is 376 g/mol. The second-order valence-electron chi connectivity index (χ2n) is 8.16. The predicted molar refractivity (Wildman–Crippen MR) is 117 cm³/mol. The molecule has 0 aliphatic carbocycles. The summed E-state index contributed by atoms with van der Waals surface area (Å²) in [7, 11) is 2.18. The highest BCUT2D eigenvalue weighted by Crippen LogP contribution is 2.35. The van der Waals surface area contributed by atoms with E-state index in [1.165, 1.54) is 0 Å². The topological polar surface area (TPSA) is 78.6 Å². The Morgan fingerprint density at radius 2 is 1.83 bits per heavy atom. The number of benzene rings is 1. The smallest absolute Gasteiger partial charge is 0.101 e. The van der Waals surface area contributed by atoms with Gasteiger partial charge >= 0.3 is 0 Å². The fourth-order valence-corrected chi connectivity index (χ4v) is 4.46. The first-order valence-corrected chi connectivity index (χ1v) is 10.5. The molecule has 1 fully saturated rings. The summed E-state index contributed by atoms with van der Waals surface area (Å²) in [6.07, 6.45) is 8.05. The maximum atomic E-state index is 9.31. The van der Waals surface area contributed by atoms with Crippen LogP contribution in [0, 0.1) is 0 Å². The molecule has 0 unspecified atom stereocenters. The van der Waals surface area contributed by atoms with Gasteiger partial charge in [-0.2, -0.15) is 5.10 Å². The Kier molecular flexibility index (Phi) is 5.06. The number of nitrogens with one attached hydrogen (secondary N) is 1. The van der Waals surface area contributed by atoms with Gasteiger partial charge in [0.1, 0.15) is 11.4 Å². The second kappa shape index (κ2) is 8.01. The van der Waals surface area contributed by atoms with Crippen molar-refractivity contribution in [1.29, 1.82) is 0 Å². The highest BCUT2D eigenvalue weighted by Gasteiger charge is 2.23. The van der Waals surface area contributed by atoms with Gasteiger partial charge in [-0.15, -0.1) is 0 Å². The van der Waals surface area contributed by atoms with Crippen molar-refractivity contribution in [3.8, 4) is 22.4 Å². The van der Waals surface area contributed by atoms with Gasteiger partial charge in [0.25, 0.3) is 0 Å². The molecule has 30 heavy (non-hydrogen) atoms. The lowest BCUT2D eigenvalue weighted by Gasteiger charge is -2.29. The lowest BCUT2D eigenvalue weighted by molar-refractivity contribution is 0.212. The number of oxime groups is 1. The van der Waals surface area contributed by atoms with Crippen LogP contribution in [0.4, 0.5) is 0 Å². The van der Waals surface area contributed by atoms with Crippen LogP contribution in [0.25, 0.3) is 22.4 Å². The number of nitrogens with zero attached hydrogens (tertiary/aromatic N) is 5. The highest BCUT2D eigenvalue weighted by atomic mass is 16.4. The van der Waals surface area contributed by atoms with E-state index in [-0.39, 0.29) is 0 Å². The average molecular weight is 403 g/mol. The SMILES string of the molecule is CN1CCC(n2cc(-c3ccc4c(c3)CNC/C4=N\O)c(-c3ccncc3)n2)CC1. The standard InChI is InChI=1S/C23H26N6O/c1-28-10-6-19(7-11-28)29-15-21(23(26-29)16-4-8-24-9-5-16)17-2-3-20-18(12-17)13-25-14-22(20)27-30/h2-5,8-9,12,15,19,25,30H,6-7,10-11,13-14H2,1H3/b27-22+. The molecule has 5 rings (SSSR count). The third-order valence-electron chi connectivity index (χ3n) is 6.20. The van der Waals surface area contributed by atoms with Crippen molar-refractivity contribution in [2.24, 2.45) is 5.16 Å². The Morgan fingerprint density at radius 3 is 2.60 bits per heavy atom. The zero-order valence-corrected chi connectivity index (χ0v) is 17.1. The van der Waals surface area contributed by atoms with Gasteiger partial charge in [0.2, 0.25) is 0 Å². The lowest BCUT2D eigenvalue weighted by Crippen LogP contribution is -2.31. The van der Waals surface area contributed by atoms with Crippen LogP contribution >= 0.6 is 0 Å². The van der Waals surface area contributed by atoms with E-state index in [2.05, 4.69) is 56.5 Å². The summed E-state index contributed by atoms with van der Waals surface area (Å²) in [6.45, 7) is 3.53. The summed E-state index contributed by atoms with van der Waals surface area (Å²) in [5.74, 6) is 0. The minimum atomic E-state index is 0.419. The van der Waals surface area contributed by atoms with Crippen molar-refractivity contribution in [2.75, 3.05) is 26.7 Å². The Morgan fingerprint density at radius 1 is 1.03 bits per heavy atom. The van der Waals surface area contributed by atoms with Crippen LogP contribution in [0.15, 0.2) is 54.1 Å². The minimum Gasteiger partial charge on any atom is -0.411 e. The number of hydrogen-bond donors (Lipinski definition) is 2. The molecule has 154 valence electrons. The van der Waals surface area contributed by atoms with E-state index < -0.39 is 0 Å². The van der Waals surface area contributed by atoms with E-state index >= 15 is 0 Å². The third-order valence-corrected chi connectivity index (χ3v) is 6.20. The molecule has 0 atom stereocenters. The molecule has 7 heteroatoms. The largest absolute Gasteiger partial charge is 0.411 e. The first-order valence-electron chi connectivity index (χ1n) is 10.5. The molecule has 0 spiro atoms. The fraction of sp³-hybridized carbons (Fsp3) is 0.348. The summed E-state index contributed by atoms with van der Waals surface area (Å²) in [4.78, 5) is 6.54. The number of piperidine rings is 1. The van der Waals surface area contributed by atoms with Crippen molar-refractivity contribution in [1.82, 2.24) is 25.0 Å². The zero-order valence-electron chi connectivity index (χ0n) is 17.1. The van der Waals surface area contributed by atoms with Crippen LogP contribution in [0.2, 0.25) is 0 Å². The molecular formula is C23H26N6O. The Labute approximate surface area is 176 Å². The van der Waals surface area contributed by atoms with E-state index in [4.69, 9.17) is 5.10 Å². The monoisotopic (exact) mass is 402 g/mol. The number of hydrogen-bond acceptors (Lipinski definition) is 6. The molecule has 3 aromatic rings. The van der Waals surface area contributed by atoms with Gasteiger partial charge in [0.15, 0.2) is 0 Å². The molecule has 0 saturated carbocycles. The van der Waals surface area contributed by atoms with Gasteiger partial charge in [0.05, 0.1) is 6.04 Å². The van der Waals surface area contributed by atoms with Crippen molar-refractivity contribution in [3.05, 3.63) is 60.0 Å². The quantitative estimate of drug-likeness (QED) is 0.520. The lowest BCUT2D eigenvalue weighted by atomic mass is 9.94. The van der Waals surface area contributed by atoms with Crippen LogP contribution in [-0.4, -0.2) is 57.3 Å². The molecule has 4 heterocycles. The molecule has 0 amide bonds. The molecule has 0 radical (unpaired) electrons. The molecule has 0 bridgehead atoms. The molecule has 2 aliphatic rings. The van der Waals surface area contributed by atoms with Crippen LogP contribution in [-0.2, 0) is 6.54 Å². The normalized spacial score (nSPS) is 19.2. The van der Waals surface area contributed by atoms with Crippen molar-refractivity contribution in [3.63, 3.8) is 0 Å². The van der Waals surface area contributed by atoms with Gasteiger partial charge in [-0.3, -0.25) is 9.67 Å². The summed E-state index contributed by atoms with van der Waals surface area (Å²) in [5.41, 5.74) is 7.12. The van der Waals surface area contributed by atoms with Gasteiger partial charge < -0.3 is 15.4 Å². The molecule has 1 aromatic carbocycles. The van der Waals surface area contributed by atoms with Crippen molar-refractivity contribution < 1.29 is 5.21 Å². The van der Waals surface area contributed by atoms with Crippen LogP contribution in [0.3, 0.4) is 0 Å². The van der Waals surface area contributed by atoms with Gasteiger partial charge in [-0.1, -0.05) is 17.3 Å². The predicted octanol–water partition coefficient (Wildman–Crippen LogP) is 3.16. The molecule has 7 nitrogen and oxygen atoms in total. The minimum absolute atomic E-state index is 0.419. The summed E-state index contributed by atoms with van der Waals surface area (Å²) in [5, 5.41) is 21.1. The zero-order chi connectivity index (χ0) is 20.5. The van der Waals surface area contributed by atoms with Gasteiger partial charge in [0, 0.05) is 48.4 Å². The number of pyridine rings is 1. The summed E-state index contributed by atoms with van der Waals surface area (Å²) >= 11 is 0. The number of rotatable bonds is 3. The van der Waals surface area contributed by atoms with Gasteiger partial charge in [-0.25, -0.2) is 0 Å². The maximum Gasteiger partial charge on any atom is 0.101 e. The average Bonchev–Trinajstić information content (AvgIpc) is 3.25. The van der Waals surface area contributed by atoms with Crippen LogP contribution < -0.4 is 5.32 Å². The summed E-state index contributed by atoms with van der Waals surface area (Å²) in [6, 6.07) is 10.8. The molecule has 2 aromatic heterocycles. The van der Waals surface area contributed by atoms with Crippen LogP contribution in [0.5, 0.6) is 0 Å². The van der Waals surface area contributed by atoms with E-state index in [0.29, 0.717) is 18.3 Å². The van der Waals surface area contributed by atoms with Crippen molar-refractivity contribution >= 4 is 5.71 Å². The second-order valence-corrected chi connectivity index (χ2v) is 8.16. The van der Waals surface area contributed by atoms with Crippen molar-refractivity contribution in [2.45, 2.75) is 25.4 Å². The van der Waals surface area contributed by atoms with E-state index in [9.17, 15) is 5.21 Å². The first-order chi connectivity index (χ1) is 14.7. The Balaban J connectivity index is 1.58. The Hall–Kier alpha value is -3.03. The maximum absolute atomic E-state index is 9.31. The first kappa shape index (κ1) is 19.0. The van der Waals surface area contributed by atoms with Crippen LogP contribution in [0.1, 0.15) is 30.0 Å². The molecule has 1 saturated heterocycles. The Bertz CT molecular complexity index is 1070. The molecule has 2 N–H and O–H groups in total. The third kappa shape index (κ3) is 3.51. The van der Waals surface area contributed by atoms with E-state index in [1.807, 2.05) is 24.5 Å². The summed E-state index contributed by atoms with van der Waals surface area (Å²) < 4.78 is 2.16. The highest BCUT2D eigenvalue weighted by molar-refractivity contribution is 6.04. The number of fused-ring (bicyclic) bond motifs is 1. The molecule has 2 aliphatic heterocycles. The number of likely N-dealkylation sites (tertiary alicyclic amines) is 1. The van der Waals surface area contributed by atoms with E-state index in [1.54, 1.807) is 0 Å².